The zero-order valence-electron chi connectivity index (χ0n) is 9.13. The molecule has 16 heavy (non-hydrogen) atoms. The monoisotopic (exact) mass is 214 g/mol. The van der Waals surface area contributed by atoms with E-state index in [1.165, 1.54) is 0 Å². The molecule has 0 saturated heterocycles. The van der Waals surface area contributed by atoms with Gasteiger partial charge in [-0.1, -0.05) is 60.7 Å². The van der Waals surface area contributed by atoms with Gasteiger partial charge in [0, 0.05) is 11.1 Å². The lowest BCUT2D eigenvalue weighted by Crippen LogP contribution is -3.06. The van der Waals surface area contributed by atoms with Crippen LogP contribution in [0.5, 0.6) is 0 Å². The molecule has 0 radical (unpaired) electrons. The Morgan fingerprint density at radius 3 is 1.44 bits per heavy atom. The molecule has 0 spiro atoms. The quantitative estimate of drug-likeness (QED) is 0.743. The van der Waals surface area contributed by atoms with E-state index in [0.717, 1.165) is 11.1 Å². The second-order valence-corrected chi connectivity index (χ2v) is 3.89. The number of rotatable bonds is 4. The van der Waals surface area contributed by atoms with Crippen molar-refractivity contribution in [1.29, 1.82) is 0 Å². The van der Waals surface area contributed by atoms with Gasteiger partial charge in [0.25, 0.3) is 0 Å². The molecule has 2 rings (SSSR count). The van der Waals surface area contributed by atoms with E-state index < -0.39 is 0 Å². The molecule has 2 N–H and O–H groups in total. The Bertz CT molecular complexity index is 372. The first kappa shape index (κ1) is 10.9. The zero-order valence-corrected chi connectivity index (χ0v) is 9.13. The third kappa shape index (κ3) is 3.19. The van der Waals surface area contributed by atoms with Crippen LogP contribution in [0.2, 0.25) is 0 Å². The summed E-state index contributed by atoms with van der Waals surface area (Å²) in [6.07, 6.45) is 0. The van der Waals surface area contributed by atoms with E-state index in [9.17, 15) is 5.21 Å². The second kappa shape index (κ2) is 5.45. The van der Waals surface area contributed by atoms with Gasteiger partial charge in [-0.2, -0.15) is 5.06 Å². The van der Waals surface area contributed by atoms with Crippen molar-refractivity contribution < 1.29 is 10.3 Å². The third-order valence-electron chi connectivity index (χ3n) is 2.50. The van der Waals surface area contributed by atoms with E-state index in [0.29, 0.717) is 18.2 Å². The number of hydroxylamine groups is 2. The summed E-state index contributed by atoms with van der Waals surface area (Å²) >= 11 is 0. The molecule has 2 nitrogen and oxygen atoms in total. The van der Waals surface area contributed by atoms with E-state index in [1.807, 2.05) is 60.7 Å². The van der Waals surface area contributed by atoms with Crippen LogP contribution in [0, 0.1) is 0 Å². The summed E-state index contributed by atoms with van der Waals surface area (Å²) in [5, 5.41) is 10.4. The van der Waals surface area contributed by atoms with Crippen molar-refractivity contribution in [2.24, 2.45) is 0 Å². The van der Waals surface area contributed by atoms with Crippen molar-refractivity contribution in [1.82, 2.24) is 0 Å². The molecule has 82 valence electrons. The first-order valence-corrected chi connectivity index (χ1v) is 5.46. The Hall–Kier alpha value is -1.64. The van der Waals surface area contributed by atoms with E-state index in [-0.39, 0.29) is 0 Å². The van der Waals surface area contributed by atoms with Gasteiger partial charge < -0.3 is 0 Å². The highest BCUT2D eigenvalue weighted by atomic mass is 16.5. The largest absolute Gasteiger partial charge is 0.218 e. The van der Waals surface area contributed by atoms with Crippen LogP contribution in [-0.2, 0) is 13.1 Å². The molecule has 2 heteroatoms. The Balaban J connectivity index is 1.92. The number of benzene rings is 2. The minimum Gasteiger partial charge on any atom is -0.218 e. The first-order chi connectivity index (χ1) is 7.84. The van der Waals surface area contributed by atoms with Crippen LogP contribution in [0.25, 0.3) is 0 Å². The fraction of sp³-hybridized carbons (Fsp3) is 0.143. The van der Waals surface area contributed by atoms with Crippen molar-refractivity contribution >= 4 is 0 Å². The normalized spacial score (nSPS) is 10.6. The van der Waals surface area contributed by atoms with Crippen LogP contribution < -0.4 is 5.06 Å². The van der Waals surface area contributed by atoms with Crippen LogP contribution in [0.1, 0.15) is 11.1 Å². The summed E-state index contributed by atoms with van der Waals surface area (Å²) in [6, 6.07) is 20.0. The van der Waals surface area contributed by atoms with Crippen molar-refractivity contribution in [3.63, 3.8) is 0 Å². The number of quaternary nitrogens is 1. The molecule has 0 aliphatic heterocycles. The molecule has 2 aromatic rings. The Labute approximate surface area is 95.7 Å². The number of nitrogens with one attached hydrogen (secondary N) is 1. The average molecular weight is 214 g/mol. The van der Waals surface area contributed by atoms with Gasteiger partial charge in [0.15, 0.2) is 0 Å². The maximum absolute atomic E-state index is 9.87. The van der Waals surface area contributed by atoms with Gasteiger partial charge in [0.05, 0.1) is 0 Å². The minimum atomic E-state index is 0.511. The van der Waals surface area contributed by atoms with Crippen LogP contribution in [0.15, 0.2) is 60.7 Å². The van der Waals surface area contributed by atoms with E-state index in [2.05, 4.69) is 0 Å². The molecule has 0 amide bonds. The molecule has 2 aromatic carbocycles. The highest BCUT2D eigenvalue weighted by molar-refractivity contribution is 5.14. The lowest BCUT2D eigenvalue weighted by atomic mass is 10.2. The molecule has 0 aliphatic carbocycles. The fourth-order valence-electron chi connectivity index (χ4n) is 1.73. The Morgan fingerprint density at radius 1 is 0.688 bits per heavy atom. The summed E-state index contributed by atoms with van der Waals surface area (Å²) in [4.78, 5) is 0. The van der Waals surface area contributed by atoms with Crippen molar-refractivity contribution in [3.05, 3.63) is 71.8 Å². The van der Waals surface area contributed by atoms with Gasteiger partial charge in [0.2, 0.25) is 0 Å². The summed E-state index contributed by atoms with van der Waals surface area (Å²) in [6.45, 7) is 1.27. The van der Waals surface area contributed by atoms with Crippen molar-refractivity contribution in [2.45, 2.75) is 13.1 Å². The van der Waals surface area contributed by atoms with Gasteiger partial charge in [-0.3, -0.25) is 0 Å². The van der Waals surface area contributed by atoms with Gasteiger partial charge in [-0.25, -0.2) is 5.21 Å². The molecule has 0 unspecified atom stereocenters. The summed E-state index contributed by atoms with van der Waals surface area (Å²) in [5.74, 6) is 0. The maximum Gasteiger partial charge on any atom is 0.133 e. The lowest BCUT2D eigenvalue weighted by molar-refractivity contribution is -1.11. The molecular formula is C14H16NO+. The van der Waals surface area contributed by atoms with Gasteiger partial charge in [0.1, 0.15) is 13.1 Å². The average Bonchev–Trinajstić information content (AvgIpc) is 2.31. The van der Waals surface area contributed by atoms with E-state index in [4.69, 9.17) is 0 Å². The van der Waals surface area contributed by atoms with Crippen LogP contribution >= 0.6 is 0 Å². The van der Waals surface area contributed by atoms with Gasteiger partial charge in [-0.15, -0.1) is 0 Å². The smallest absolute Gasteiger partial charge is 0.133 e. The molecule has 0 bridgehead atoms. The number of hydrogen-bond donors (Lipinski definition) is 2. The molecule has 0 saturated carbocycles. The van der Waals surface area contributed by atoms with E-state index >= 15 is 0 Å². The SMILES string of the molecule is O[NH+](Cc1ccccc1)Cc1ccccc1. The first-order valence-electron chi connectivity index (χ1n) is 5.46. The predicted molar refractivity (Wildman–Crippen MR) is 63.0 cm³/mol. The fourth-order valence-corrected chi connectivity index (χ4v) is 1.73. The highest BCUT2D eigenvalue weighted by Crippen LogP contribution is 1.97. The molecule has 0 heterocycles. The van der Waals surface area contributed by atoms with Crippen LogP contribution in [-0.4, -0.2) is 5.21 Å². The molecule has 0 aromatic heterocycles. The van der Waals surface area contributed by atoms with Crippen molar-refractivity contribution in [2.75, 3.05) is 0 Å². The maximum atomic E-state index is 9.87. The summed E-state index contributed by atoms with van der Waals surface area (Å²) in [7, 11) is 0. The van der Waals surface area contributed by atoms with Gasteiger partial charge >= 0.3 is 0 Å². The number of hydrogen-bond acceptors (Lipinski definition) is 1. The minimum absolute atomic E-state index is 0.511. The van der Waals surface area contributed by atoms with Crippen LogP contribution in [0.3, 0.4) is 0 Å². The predicted octanol–water partition coefficient (Wildman–Crippen LogP) is 1.66. The Morgan fingerprint density at radius 2 is 1.06 bits per heavy atom. The standard InChI is InChI=1S/C14H15NO/c16-15(11-13-7-3-1-4-8-13)12-14-9-5-2-6-10-14/h1-10,16H,11-12H2/p+1. The summed E-state index contributed by atoms with van der Waals surface area (Å²) in [5.41, 5.74) is 2.30. The highest BCUT2D eigenvalue weighted by Gasteiger charge is 2.06. The summed E-state index contributed by atoms with van der Waals surface area (Å²) < 4.78 is 0. The topological polar surface area (TPSA) is 24.7 Å². The van der Waals surface area contributed by atoms with Crippen LogP contribution in [0.4, 0.5) is 0 Å². The Kier molecular flexibility index (Phi) is 3.70. The second-order valence-electron chi connectivity index (χ2n) is 3.89. The zero-order chi connectivity index (χ0) is 11.2. The molecule has 0 fully saturated rings. The van der Waals surface area contributed by atoms with Gasteiger partial charge in [-0.05, 0) is 0 Å². The molecule has 0 atom stereocenters. The lowest BCUT2D eigenvalue weighted by Gasteiger charge is -2.10. The molecule has 0 aliphatic rings. The van der Waals surface area contributed by atoms with Crippen molar-refractivity contribution in [3.8, 4) is 0 Å². The third-order valence-corrected chi connectivity index (χ3v) is 2.50. The molecular weight excluding hydrogens is 198 g/mol. The van der Waals surface area contributed by atoms with E-state index in [1.54, 1.807) is 0 Å².